The van der Waals surface area contributed by atoms with E-state index in [0.29, 0.717) is 30.5 Å². The van der Waals surface area contributed by atoms with Crippen LogP contribution >= 0.6 is 0 Å². The van der Waals surface area contributed by atoms with E-state index in [1.165, 1.54) is 12.7 Å². The number of para-hydroxylation sites is 1. The molecule has 2 bridgehead atoms. The van der Waals surface area contributed by atoms with Gasteiger partial charge in [-0.2, -0.15) is 0 Å². The molecule has 1 heterocycles. The molecular weight excluding hydrogens is 538 g/mol. The fourth-order valence-electron chi connectivity index (χ4n) is 11.5. The van der Waals surface area contributed by atoms with Crippen LogP contribution in [0.4, 0.5) is 0 Å². The Hall–Kier alpha value is -2.89. The van der Waals surface area contributed by atoms with Crippen molar-refractivity contribution in [1.82, 2.24) is 4.98 Å². The summed E-state index contributed by atoms with van der Waals surface area (Å²) in [5, 5.41) is 1.05. The van der Waals surface area contributed by atoms with E-state index in [4.69, 9.17) is 9.47 Å². The third kappa shape index (κ3) is 4.06. The Morgan fingerprint density at radius 2 is 1.86 bits per heavy atom. The smallest absolute Gasteiger partial charge is 0.311 e. The quantitative estimate of drug-likeness (QED) is 0.296. The normalized spacial score (nSPS) is 40.0. The van der Waals surface area contributed by atoms with E-state index in [9.17, 15) is 14.4 Å². The van der Waals surface area contributed by atoms with Crippen molar-refractivity contribution in [3.05, 3.63) is 47.7 Å². The maximum Gasteiger partial charge on any atom is 0.311 e. The van der Waals surface area contributed by atoms with Crippen molar-refractivity contribution < 1.29 is 23.9 Å². The summed E-state index contributed by atoms with van der Waals surface area (Å²) >= 11 is 0. The van der Waals surface area contributed by atoms with Crippen molar-refractivity contribution in [2.24, 2.45) is 51.8 Å². The number of aromatic amines is 1. The highest BCUT2D eigenvalue weighted by Gasteiger charge is 2.71. The first-order valence-corrected chi connectivity index (χ1v) is 16.6. The van der Waals surface area contributed by atoms with Crippen LogP contribution in [0.15, 0.2) is 42.1 Å². The third-order valence-corrected chi connectivity index (χ3v) is 13.1. The summed E-state index contributed by atoms with van der Waals surface area (Å²) in [6, 6.07) is 8.04. The van der Waals surface area contributed by atoms with Crippen LogP contribution in [-0.2, 0) is 30.3 Å². The molecule has 0 radical (unpaired) electrons. The number of hydrogen-bond donors (Lipinski definition) is 1. The molecule has 0 amide bonds. The van der Waals surface area contributed by atoms with Gasteiger partial charge in [-0.05, 0) is 86.2 Å². The Kier molecular flexibility index (Phi) is 6.76. The number of carbonyl (C=O) groups is 3. The highest BCUT2D eigenvalue weighted by molar-refractivity contribution is 5.88. The minimum absolute atomic E-state index is 0.0301. The first-order chi connectivity index (χ1) is 20.5. The topological polar surface area (TPSA) is 85.5 Å². The van der Waals surface area contributed by atoms with Gasteiger partial charge < -0.3 is 14.5 Å². The number of hydrogen-bond acceptors (Lipinski definition) is 5. The van der Waals surface area contributed by atoms with Crippen LogP contribution in [-0.4, -0.2) is 35.9 Å². The average molecular weight is 586 g/mol. The lowest BCUT2D eigenvalue weighted by Crippen LogP contribution is -2.68. The van der Waals surface area contributed by atoms with Gasteiger partial charge in [0.25, 0.3) is 0 Å². The van der Waals surface area contributed by atoms with Crippen LogP contribution in [0.2, 0.25) is 0 Å². The second kappa shape index (κ2) is 10.1. The molecule has 4 fully saturated rings. The van der Waals surface area contributed by atoms with Crippen LogP contribution in [0.3, 0.4) is 0 Å². The SMILES string of the molecule is COC(=O)C1(C)CCC[C@]2(C)[C@H]3C[C@H]4C(C(C)C)=C[C@]3(CC[C@@H]12)[C@@H]1C(=O)CC[C@H](OC(=O)Cc2c[nH]c3ccccc23)[C@@H]14. The monoisotopic (exact) mass is 585 g/mol. The predicted molar refractivity (Wildman–Crippen MR) is 165 cm³/mol. The molecule has 1 aromatic heterocycles. The number of aromatic nitrogens is 1. The molecular formula is C37H47NO5. The summed E-state index contributed by atoms with van der Waals surface area (Å²) in [5.74, 6) is 1.16. The van der Waals surface area contributed by atoms with Crippen molar-refractivity contribution >= 4 is 28.6 Å². The maximum atomic E-state index is 14.1. The van der Waals surface area contributed by atoms with Gasteiger partial charge in [0.2, 0.25) is 0 Å². The zero-order valence-electron chi connectivity index (χ0n) is 26.4. The van der Waals surface area contributed by atoms with Crippen molar-refractivity contribution in [2.45, 2.75) is 91.6 Å². The Balaban J connectivity index is 1.23. The predicted octanol–water partition coefficient (Wildman–Crippen LogP) is 7.22. The Morgan fingerprint density at radius 3 is 2.63 bits per heavy atom. The zero-order chi connectivity index (χ0) is 30.3. The molecule has 1 unspecified atom stereocenters. The Morgan fingerprint density at radius 1 is 1.07 bits per heavy atom. The van der Waals surface area contributed by atoms with Gasteiger partial charge in [-0.3, -0.25) is 14.4 Å². The highest BCUT2D eigenvalue weighted by Crippen LogP contribution is 2.74. The summed E-state index contributed by atoms with van der Waals surface area (Å²) in [7, 11) is 1.52. The van der Waals surface area contributed by atoms with Gasteiger partial charge in [-0.25, -0.2) is 0 Å². The fourth-order valence-corrected chi connectivity index (χ4v) is 11.5. The number of esters is 2. The molecule has 6 aliphatic rings. The molecule has 2 aromatic rings. The van der Waals surface area contributed by atoms with Crippen molar-refractivity contribution in [2.75, 3.05) is 7.11 Å². The van der Waals surface area contributed by atoms with Gasteiger partial charge >= 0.3 is 11.9 Å². The van der Waals surface area contributed by atoms with Crippen molar-refractivity contribution in [3.8, 4) is 0 Å². The van der Waals surface area contributed by atoms with Gasteiger partial charge in [0.05, 0.1) is 18.9 Å². The number of rotatable bonds is 5. The largest absolute Gasteiger partial charge is 0.469 e. The molecule has 8 rings (SSSR count). The van der Waals surface area contributed by atoms with Gasteiger partial charge in [-0.1, -0.05) is 57.0 Å². The van der Waals surface area contributed by atoms with E-state index in [0.717, 1.165) is 55.0 Å². The van der Waals surface area contributed by atoms with Crippen LogP contribution in [0.1, 0.15) is 84.6 Å². The number of methoxy groups -OCH3 is 1. The molecule has 9 atom stereocenters. The number of benzene rings is 1. The van der Waals surface area contributed by atoms with E-state index < -0.39 is 5.41 Å². The summed E-state index contributed by atoms with van der Waals surface area (Å²) in [4.78, 5) is 44.1. The number of nitrogens with one attached hydrogen (secondary N) is 1. The number of H-pyrrole nitrogens is 1. The fraction of sp³-hybridized carbons (Fsp3) is 0.649. The van der Waals surface area contributed by atoms with Gasteiger partial charge in [0.15, 0.2) is 0 Å². The van der Waals surface area contributed by atoms with Crippen molar-refractivity contribution in [3.63, 3.8) is 0 Å². The van der Waals surface area contributed by atoms with Crippen LogP contribution in [0.25, 0.3) is 10.9 Å². The summed E-state index contributed by atoms with van der Waals surface area (Å²) in [5.41, 5.74) is 2.66. The second-order valence-electron chi connectivity index (χ2n) is 15.3. The highest BCUT2D eigenvalue weighted by atomic mass is 16.5. The molecule has 0 saturated heterocycles. The average Bonchev–Trinajstić information content (AvgIpc) is 3.39. The van der Waals surface area contributed by atoms with E-state index in [1.54, 1.807) is 0 Å². The number of carbonyl (C=O) groups excluding carboxylic acids is 3. The van der Waals surface area contributed by atoms with Crippen LogP contribution < -0.4 is 0 Å². The summed E-state index contributed by atoms with van der Waals surface area (Å²) in [6.07, 6.45) is 11.3. The van der Waals surface area contributed by atoms with Crippen LogP contribution in [0.5, 0.6) is 0 Å². The lowest BCUT2D eigenvalue weighted by molar-refractivity contribution is -0.213. The molecule has 1 aromatic carbocycles. The lowest BCUT2D eigenvalue weighted by atomic mass is 9.33. The molecule has 0 aliphatic heterocycles. The molecule has 1 N–H and O–H groups in total. The van der Waals surface area contributed by atoms with Crippen molar-refractivity contribution in [1.29, 1.82) is 0 Å². The van der Waals surface area contributed by atoms with Gasteiger partial charge in [0.1, 0.15) is 11.9 Å². The minimum Gasteiger partial charge on any atom is -0.469 e. The van der Waals surface area contributed by atoms with Gasteiger partial charge in [0, 0.05) is 40.8 Å². The molecule has 43 heavy (non-hydrogen) atoms. The number of Topliss-reactive ketones (excluding diaryl/α,β-unsaturated/α-hetero) is 1. The van der Waals surface area contributed by atoms with E-state index in [-0.39, 0.29) is 59.0 Å². The van der Waals surface area contributed by atoms with E-state index >= 15 is 0 Å². The Labute approximate surface area is 255 Å². The first kappa shape index (κ1) is 28.9. The minimum atomic E-state index is -0.485. The number of allylic oxidation sites excluding steroid dienone is 2. The molecule has 6 nitrogen and oxygen atoms in total. The second-order valence-corrected chi connectivity index (χ2v) is 15.3. The van der Waals surface area contributed by atoms with Crippen LogP contribution in [0, 0.1) is 51.8 Å². The summed E-state index contributed by atoms with van der Waals surface area (Å²) in [6.45, 7) is 9.11. The standard InChI is InChI=1S/C37H47NO5/c1-21(2)25-19-37-16-13-29-35(3,14-8-15-36(29,4)34(41)42-5)30(37)18-24(25)32-28(12-11-27(39)33(32)37)43-31(40)17-22-20-38-26-10-7-6-9-23(22)26/h6-7,9-10,19-21,24,28-30,32-33,38H,8,11-18H2,1-5H3/t24-,28-,29+,30+,32-,33+,35-,36?,37-/m0/s1. The third-order valence-electron chi connectivity index (χ3n) is 13.1. The van der Waals surface area contributed by atoms with E-state index in [1.807, 2.05) is 30.5 Å². The molecule has 6 aliphatic carbocycles. The number of fused-ring (bicyclic) bond motifs is 2. The summed E-state index contributed by atoms with van der Waals surface area (Å²) < 4.78 is 11.8. The zero-order valence-corrected chi connectivity index (χ0v) is 26.4. The molecule has 1 spiro atoms. The lowest BCUT2D eigenvalue weighted by Gasteiger charge is -2.70. The molecule has 6 heteroatoms. The van der Waals surface area contributed by atoms with Gasteiger partial charge in [-0.15, -0.1) is 0 Å². The first-order valence-electron chi connectivity index (χ1n) is 16.6. The number of ether oxygens (including phenoxy) is 2. The molecule has 230 valence electrons. The number of ketones is 1. The van der Waals surface area contributed by atoms with E-state index in [2.05, 4.69) is 38.8 Å². The maximum absolute atomic E-state index is 14.1. The Bertz CT molecular complexity index is 1500. The molecule has 4 saturated carbocycles.